The van der Waals surface area contributed by atoms with Gasteiger partial charge in [-0.25, -0.2) is 0 Å². The van der Waals surface area contributed by atoms with E-state index in [1.165, 1.54) is 17.7 Å². The Hall–Kier alpha value is -1.13. The number of hydrogen-bond donors (Lipinski definition) is 1. The quantitative estimate of drug-likeness (QED) is 0.843. The zero-order valence-corrected chi connectivity index (χ0v) is 14.1. The van der Waals surface area contributed by atoms with Gasteiger partial charge in [0.25, 0.3) is 0 Å². The molecule has 4 heteroatoms. The Labute approximate surface area is 132 Å². The van der Waals surface area contributed by atoms with Crippen molar-refractivity contribution in [1.82, 2.24) is 10.2 Å². The van der Waals surface area contributed by atoms with E-state index < -0.39 is 0 Å². The van der Waals surface area contributed by atoms with Gasteiger partial charge in [-0.15, -0.1) is 11.3 Å². The summed E-state index contributed by atoms with van der Waals surface area (Å²) in [6.07, 6.45) is 4.18. The van der Waals surface area contributed by atoms with Crippen molar-refractivity contribution in [2.24, 2.45) is 5.92 Å². The van der Waals surface area contributed by atoms with Crippen LogP contribution in [0.4, 0.5) is 0 Å². The zero-order chi connectivity index (χ0) is 15.2. The second-order valence-corrected chi connectivity index (χ2v) is 7.20. The fourth-order valence-electron chi connectivity index (χ4n) is 2.74. The van der Waals surface area contributed by atoms with Crippen molar-refractivity contribution in [1.29, 1.82) is 0 Å². The fraction of sp³-hybridized carbons (Fsp3) is 0.588. The number of allylic oxidation sites excluding steroid dienone is 1. The van der Waals surface area contributed by atoms with E-state index >= 15 is 0 Å². The molecule has 0 bridgehead atoms. The van der Waals surface area contributed by atoms with E-state index in [1.54, 1.807) is 17.4 Å². The number of nitrogens with zero attached hydrogens (tertiary/aromatic N) is 1. The maximum atomic E-state index is 11.9. The Morgan fingerprint density at radius 3 is 2.76 bits per heavy atom. The van der Waals surface area contributed by atoms with E-state index in [0.717, 1.165) is 24.6 Å². The van der Waals surface area contributed by atoms with Crippen LogP contribution < -0.4 is 5.32 Å². The number of rotatable bonds is 5. The van der Waals surface area contributed by atoms with Crippen LogP contribution in [-0.2, 0) is 4.79 Å². The molecular weight excluding hydrogens is 280 g/mol. The minimum absolute atomic E-state index is 0.0157. The second kappa shape index (κ2) is 7.76. The number of amides is 1. The van der Waals surface area contributed by atoms with Crippen LogP contribution in [0.3, 0.4) is 0 Å². The Morgan fingerprint density at radius 1 is 1.48 bits per heavy atom. The number of likely N-dealkylation sites (tertiary alicyclic amines) is 1. The van der Waals surface area contributed by atoms with Crippen LogP contribution in [0.1, 0.15) is 44.5 Å². The summed E-state index contributed by atoms with van der Waals surface area (Å²) in [4.78, 5) is 15.7. The molecule has 3 nitrogen and oxygen atoms in total. The van der Waals surface area contributed by atoms with Gasteiger partial charge in [0, 0.05) is 17.5 Å². The predicted molar refractivity (Wildman–Crippen MR) is 89.5 cm³/mol. The summed E-state index contributed by atoms with van der Waals surface area (Å²) in [5.41, 5.74) is 1.03. The molecular formula is C17H26N2OS. The lowest BCUT2D eigenvalue weighted by Gasteiger charge is -2.36. The van der Waals surface area contributed by atoms with Gasteiger partial charge in [0.15, 0.2) is 0 Å². The number of carbonyl (C=O) groups excluding carboxylic acids is 1. The summed E-state index contributed by atoms with van der Waals surface area (Å²) in [6.45, 7) is 9.17. The second-order valence-electron chi connectivity index (χ2n) is 6.22. The highest BCUT2D eigenvalue weighted by atomic mass is 32.1. The fourth-order valence-corrected chi connectivity index (χ4v) is 3.60. The molecule has 1 saturated heterocycles. The van der Waals surface area contributed by atoms with Crippen molar-refractivity contribution in [2.45, 2.75) is 39.7 Å². The van der Waals surface area contributed by atoms with Crippen LogP contribution in [0, 0.1) is 5.92 Å². The molecule has 1 atom stereocenters. The topological polar surface area (TPSA) is 32.3 Å². The summed E-state index contributed by atoms with van der Waals surface area (Å²) in [5.74, 6) is 0.840. The molecule has 1 N–H and O–H groups in total. The van der Waals surface area contributed by atoms with Gasteiger partial charge in [-0.2, -0.15) is 0 Å². The molecule has 1 aromatic heterocycles. The molecule has 2 rings (SSSR count). The average Bonchev–Trinajstić information content (AvgIpc) is 2.94. The first-order valence-corrected chi connectivity index (χ1v) is 8.64. The lowest BCUT2D eigenvalue weighted by Crippen LogP contribution is -2.41. The lowest BCUT2D eigenvalue weighted by atomic mass is 9.97. The molecule has 0 aromatic carbocycles. The first-order valence-electron chi connectivity index (χ1n) is 7.76. The van der Waals surface area contributed by atoms with E-state index in [-0.39, 0.29) is 5.91 Å². The van der Waals surface area contributed by atoms with Crippen molar-refractivity contribution in [3.05, 3.63) is 34.0 Å². The van der Waals surface area contributed by atoms with Crippen LogP contribution in [0.15, 0.2) is 29.2 Å². The third-order valence-electron chi connectivity index (χ3n) is 4.02. The standard InChI is InChI=1S/C17H26N2OS/c1-13(2)11-17(20)18-12-15(16-5-4-10-21-16)19-8-6-14(3)7-9-19/h4-5,10-11,14-15H,6-9,12H2,1-3H3,(H,18,20). The van der Waals surface area contributed by atoms with Crippen molar-refractivity contribution < 1.29 is 4.79 Å². The average molecular weight is 306 g/mol. The van der Waals surface area contributed by atoms with Crippen LogP contribution in [0.2, 0.25) is 0 Å². The van der Waals surface area contributed by atoms with Gasteiger partial charge in [-0.05, 0) is 57.1 Å². The molecule has 1 amide bonds. The summed E-state index contributed by atoms with van der Waals surface area (Å²) >= 11 is 1.78. The maximum Gasteiger partial charge on any atom is 0.243 e. The highest BCUT2D eigenvalue weighted by molar-refractivity contribution is 7.10. The summed E-state index contributed by atoms with van der Waals surface area (Å²) in [7, 11) is 0. The highest BCUT2D eigenvalue weighted by Crippen LogP contribution is 2.28. The number of nitrogens with one attached hydrogen (secondary N) is 1. The summed E-state index contributed by atoms with van der Waals surface area (Å²) < 4.78 is 0. The predicted octanol–water partition coefficient (Wildman–Crippen LogP) is 3.60. The van der Waals surface area contributed by atoms with Gasteiger partial charge >= 0.3 is 0 Å². The molecule has 1 unspecified atom stereocenters. The van der Waals surface area contributed by atoms with Crippen molar-refractivity contribution in [3.8, 4) is 0 Å². The van der Waals surface area contributed by atoms with E-state index in [4.69, 9.17) is 0 Å². The van der Waals surface area contributed by atoms with Crippen molar-refractivity contribution in [3.63, 3.8) is 0 Å². The Bertz CT molecular complexity index is 469. The molecule has 0 aliphatic carbocycles. The minimum Gasteiger partial charge on any atom is -0.351 e. The SMILES string of the molecule is CC(C)=CC(=O)NCC(c1cccs1)N1CCC(C)CC1. The maximum absolute atomic E-state index is 11.9. The largest absolute Gasteiger partial charge is 0.351 e. The van der Waals surface area contributed by atoms with Gasteiger partial charge in [-0.1, -0.05) is 18.6 Å². The van der Waals surface area contributed by atoms with Crippen LogP contribution in [0.25, 0.3) is 0 Å². The lowest BCUT2D eigenvalue weighted by molar-refractivity contribution is -0.116. The van der Waals surface area contributed by atoms with Gasteiger partial charge in [0.1, 0.15) is 0 Å². The smallest absolute Gasteiger partial charge is 0.243 e. The van der Waals surface area contributed by atoms with E-state index in [2.05, 4.69) is 34.7 Å². The third-order valence-corrected chi connectivity index (χ3v) is 4.99. The van der Waals surface area contributed by atoms with E-state index in [9.17, 15) is 4.79 Å². The normalized spacial score (nSPS) is 18.2. The molecule has 1 fully saturated rings. The Kier molecular flexibility index (Phi) is 6.00. The molecule has 116 valence electrons. The molecule has 2 heterocycles. The van der Waals surface area contributed by atoms with Crippen molar-refractivity contribution in [2.75, 3.05) is 19.6 Å². The number of piperidine rings is 1. The monoisotopic (exact) mass is 306 g/mol. The van der Waals surface area contributed by atoms with Crippen LogP contribution >= 0.6 is 11.3 Å². The molecule has 0 radical (unpaired) electrons. The molecule has 1 aromatic rings. The zero-order valence-electron chi connectivity index (χ0n) is 13.3. The van der Waals surface area contributed by atoms with Gasteiger partial charge in [0.05, 0.1) is 6.04 Å². The first kappa shape index (κ1) is 16.2. The molecule has 1 aliphatic heterocycles. The van der Waals surface area contributed by atoms with Gasteiger partial charge in [-0.3, -0.25) is 9.69 Å². The minimum atomic E-state index is 0.0157. The summed E-state index contributed by atoms with van der Waals surface area (Å²) in [6, 6.07) is 4.59. The van der Waals surface area contributed by atoms with Crippen LogP contribution in [0.5, 0.6) is 0 Å². The van der Waals surface area contributed by atoms with Crippen LogP contribution in [-0.4, -0.2) is 30.4 Å². The highest BCUT2D eigenvalue weighted by Gasteiger charge is 2.25. The number of hydrogen-bond acceptors (Lipinski definition) is 3. The number of carbonyl (C=O) groups is 1. The van der Waals surface area contributed by atoms with Crippen molar-refractivity contribution >= 4 is 17.2 Å². The summed E-state index contributed by atoms with van der Waals surface area (Å²) in [5, 5.41) is 5.18. The molecule has 1 aliphatic rings. The van der Waals surface area contributed by atoms with Gasteiger partial charge in [0.2, 0.25) is 5.91 Å². The third kappa shape index (κ3) is 4.97. The Morgan fingerprint density at radius 2 is 2.19 bits per heavy atom. The Balaban J connectivity index is 2.00. The van der Waals surface area contributed by atoms with Gasteiger partial charge < -0.3 is 5.32 Å². The first-order chi connectivity index (χ1) is 10.1. The molecule has 0 spiro atoms. The number of thiophene rings is 1. The molecule has 0 saturated carbocycles. The van der Waals surface area contributed by atoms with E-state index in [0.29, 0.717) is 12.6 Å². The van der Waals surface area contributed by atoms with E-state index in [1.807, 2.05) is 13.8 Å². The molecule has 21 heavy (non-hydrogen) atoms.